The number of nitrogens with zero attached hydrogens (tertiary/aromatic N) is 2. The Labute approximate surface area is 188 Å². The Morgan fingerprint density at radius 2 is 1.81 bits per heavy atom. The normalized spacial score (nSPS) is 11.7. The van der Waals surface area contributed by atoms with Gasteiger partial charge in [-0.1, -0.05) is 23.2 Å². The van der Waals surface area contributed by atoms with E-state index in [2.05, 4.69) is 5.10 Å². The Morgan fingerprint density at radius 3 is 2.38 bits per heavy atom. The molecule has 0 aliphatic heterocycles. The number of aromatic hydroxyl groups is 1. The fourth-order valence-electron chi connectivity index (χ4n) is 2.50. The molecule has 3 aromatic rings. The molecule has 0 radical (unpaired) electrons. The minimum absolute atomic E-state index is 0.0625. The van der Waals surface area contributed by atoms with Crippen molar-refractivity contribution in [2.45, 2.75) is 11.3 Å². The first-order valence-electron chi connectivity index (χ1n) is 8.40. The van der Waals surface area contributed by atoms with E-state index >= 15 is 0 Å². The van der Waals surface area contributed by atoms with Gasteiger partial charge in [-0.05, 0) is 31.3 Å². The summed E-state index contributed by atoms with van der Waals surface area (Å²) in [4.78, 5) is 24.7. The lowest BCUT2D eigenvalue weighted by Crippen LogP contribution is -2.34. The average molecular weight is 509 g/mol. The number of aromatic amines is 1. The molecule has 0 atom stereocenters. The van der Waals surface area contributed by atoms with Gasteiger partial charge in [0.1, 0.15) is 16.4 Å². The van der Waals surface area contributed by atoms with Gasteiger partial charge in [0.2, 0.25) is 10.0 Å². The maximum atomic E-state index is 13.0. The van der Waals surface area contributed by atoms with Gasteiger partial charge >= 0.3 is 5.69 Å². The number of rotatable bonds is 6. The molecule has 10 nitrogen and oxygen atoms in total. The predicted molar refractivity (Wildman–Crippen MR) is 110 cm³/mol. The Hall–Kier alpha value is -3.00. The second kappa shape index (κ2) is 8.86. The fraction of sp³-hybridized carbons (Fsp3) is 0.118. The molecular weight excluding hydrogens is 497 g/mol. The molecule has 0 aliphatic carbocycles. The number of benzene rings is 2. The summed E-state index contributed by atoms with van der Waals surface area (Å²) in [6, 6.07) is 5.55. The van der Waals surface area contributed by atoms with Crippen LogP contribution in [0.25, 0.3) is 5.69 Å². The smallest absolute Gasteiger partial charge is 0.349 e. The highest BCUT2D eigenvalue weighted by Crippen LogP contribution is 2.39. The van der Waals surface area contributed by atoms with E-state index in [1.54, 1.807) is 4.98 Å². The van der Waals surface area contributed by atoms with Crippen LogP contribution in [0, 0.1) is 0 Å². The van der Waals surface area contributed by atoms with Gasteiger partial charge in [0, 0.05) is 6.07 Å². The van der Waals surface area contributed by atoms with Crippen molar-refractivity contribution in [3.8, 4) is 22.9 Å². The first kappa shape index (κ1) is 23.7. The molecule has 1 aromatic heterocycles. The van der Waals surface area contributed by atoms with Gasteiger partial charge in [-0.3, -0.25) is 9.78 Å². The summed E-state index contributed by atoms with van der Waals surface area (Å²) in [5.41, 5.74) is -3.78. The number of nitrogens with one attached hydrogen (secondary N) is 2. The third-order valence-corrected chi connectivity index (χ3v) is 6.00. The maximum absolute atomic E-state index is 13.0. The van der Waals surface area contributed by atoms with Crippen LogP contribution in [0.1, 0.15) is 12.1 Å². The van der Waals surface area contributed by atoms with Gasteiger partial charge < -0.3 is 9.84 Å². The lowest BCUT2D eigenvalue weighted by atomic mass is 10.3. The molecule has 0 spiro atoms. The zero-order chi connectivity index (χ0) is 23.8. The van der Waals surface area contributed by atoms with Crippen molar-refractivity contribution in [2.75, 3.05) is 7.05 Å². The van der Waals surface area contributed by atoms with Gasteiger partial charge in [-0.2, -0.15) is 9.78 Å². The third kappa shape index (κ3) is 4.60. The molecule has 15 heteroatoms. The molecule has 32 heavy (non-hydrogen) atoms. The number of halogens is 4. The molecule has 0 saturated heterocycles. The lowest BCUT2D eigenvalue weighted by Gasteiger charge is -2.13. The SMILES string of the molecule is CNS(=O)(=O)c1cc(Oc2c(Cl)cc(-n3nc(C(F)F)c(=O)[nH]c3=O)cc2Cl)ccc1O. The van der Waals surface area contributed by atoms with Crippen molar-refractivity contribution in [2.24, 2.45) is 0 Å². The van der Waals surface area contributed by atoms with Crippen molar-refractivity contribution in [3.63, 3.8) is 0 Å². The summed E-state index contributed by atoms with van der Waals surface area (Å²) in [6.07, 6.45) is -3.24. The minimum atomic E-state index is -4.01. The van der Waals surface area contributed by atoms with Crippen molar-refractivity contribution in [3.05, 3.63) is 66.9 Å². The second-order valence-electron chi connectivity index (χ2n) is 6.03. The molecule has 0 unspecified atom stereocenters. The van der Waals surface area contributed by atoms with Crippen LogP contribution in [0.15, 0.2) is 44.8 Å². The van der Waals surface area contributed by atoms with Gasteiger partial charge in [0.15, 0.2) is 11.4 Å². The number of alkyl halides is 2. The van der Waals surface area contributed by atoms with Crippen LogP contribution < -0.4 is 20.7 Å². The number of aromatic nitrogens is 3. The van der Waals surface area contributed by atoms with Crippen LogP contribution in [0.5, 0.6) is 17.2 Å². The summed E-state index contributed by atoms with van der Waals surface area (Å²) in [5.74, 6) is -0.757. The van der Waals surface area contributed by atoms with E-state index in [1.165, 1.54) is 6.07 Å². The number of H-pyrrole nitrogens is 1. The van der Waals surface area contributed by atoms with Crippen molar-refractivity contribution in [1.29, 1.82) is 0 Å². The molecule has 1 heterocycles. The largest absolute Gasteiger partial charge is 0.507 e. The predicted octanol–water partition coefficient (Wildman–Crippen LogP) is 2.57. The number of hydrogen-bond donors (Lipinski definition) is 3. The van der Waals surface area contributed by atoms with Gasteiger partial charge in [-0.25, -0.2) is 26.7 Å². The Kier molecular flexibility index (Phi) is 6.55. The van der Waals surface area contributed by atoms with Crippen molar-refractivity contribution >= 4 is 33.2 Å². The summed E-state index contributed by atoms with van der Waals surface area (Å²) in [6.45, 7) is 0. The van der Waals surface area contributed by atoms with Crippen molar-refractivity contribution in [1.82, 2.24) is 19.5 Å². The Bertz CT molecular complexity index is 1400. The second-order valence-corrected chi connectivity index (χ2v) is 8.70. The van der Waals surface area contributed by atoms with E-state index in [0.29, 0.717) is 4.68 Å². The molecule has 0 bridgehead atoms. The van der Waals surface area contributed by atoms with Crippen LogP contribution in [-0.4, -0.2) is 35.3 Å². The van der Waals surface area contributed by atoms with E-state index in [4.69, 9.17) is 27.9 Å². The van der Waals surface area contributed by atoms with Gasteiger partial charge in [0.05, 0.1) is 15.7 Å². The molecule has 0 fully saturated rings. The monoisotopic (exact) mass is 508 g/mol. The van der Waals surface area contributed by atoms with Crippen molar-refractivity contribution < 1.29 is 27.0 Å². The number of phenolic OH excluding ortho intramolecular Hbond substituents is 1. The summed E-state index contributed by atoms with van der Waals surface area (Å²) in [7, 11) is -2.85. The van der Waals surface area contributed by atoms with Gasteiger partial charge in [-0.15, -0.1) is 0 Å². The fourth-order valence-corrected chi connectivity index (χ4v) is 3.88. The van der Waals surface area contributed by atoms with Crippen LogP contribution in [0.3, 0.4) is 0 Å². The summed E-state index contributed by atoms with van der Waals surface area (Å²) >= 11 is 12.3. The molecule has 3 N–H and O–H groups in total. The average Bonchev–Trinajstić information content (AvgIpc) is 2.71. The highest BCUT2D eigenvalue weighted by atomic mass is 35.5. The van der Waals surface area contributed by atoms with E-state index in [0.717, 1.165) is 31.3 Å². The van der Waals surface area contributed by atoms with Crippen LogP contribution >= 0.6 is 23.2 Å². The Balaban J connectivity index is 2.05. The highest BCUT2D eigenvalue weighted by molar-refractivity contribution is 7.89. The lowest BCUT2D eigenvalue weighted by molar-refractivity contribution is 0.141. The molecule has 2 aromatic carbocycles. The first-order valence-corrected chi connectivity index (χ1v) is 10.6. The number of hydrogen-bond acceptors (Lipinski definition) is 7. The van der Waals surface area contributed by atoms with Crippen LogP contribution in [0.4, 0.5) is 8.78 Å². The number of sulfonamides is 1. The zero-order valence-corrected chi connectivity index (χ0v) is 18.1. The van der Waals surface area contributed by atoms with Crippen LogP contribution in [-0.2, 0) is 10.0 Å². The summed E-state index contributed by atoms with van der Waals surface area (Å²) in [5, 5.41) is 12.8. The standard InChI is InChI=1S/C17H12Cl2F2N4O6S/c1-22-32(29,30)12-6-8(2-3-11(12)26)31-14-9(18)4-7(5-10(14)19)25-17(28)23-16(27)13(24-25)15(20)21/h2-6,15,22,26H,1H3,(H,23,27,28). The molecule has 170 valence electrons. The Morgan fingerprint density at radius 1 is 1.19 bits per heavy atom. The quantitative estimate of drug-likeness (QED) is 0.464. The van der Waals surface area contributed by atoms with E-state index in [9.17, 15) is 31.9 Å². The van der Waals surface area contributed by atoms with E-state index in [1.807, 2.05) is 4.72 Å². The summed E-state index contributed by atoms with van der Waals surface area (Å²) < 4.78 is 57.9. The van der Waals surface area contributed by atoms with Crippen LogP contribution in [0.2, 0.25) is 10.0 Å². The number of ether oxygens (including phenoxy) is 1. The topological polar surface area (TPSA) is 143 Å². The molecular formula is C17H12Cl2F2N4O6S. The van der Waals surface area contributed by atoms with E-state index in [-0.39, 0.29) is 27.2 Å². The molecule has 0 aliphatic rings. The molecule has 0 amide bonds. The highest BCUT2D eigenvalue weighted by Gasteiger charge is 2.21. The number of phenols is 1. The molecule has 0 saturated carbocycles. The first-order chi connectivity index (χ1) is 14.9. The van der Waals surface area contributed by atoms with Gasteiger partial charge in [0.25, 0.3) is 12.0 Å². The maximum Gasteiger partial charge on any atom is 0.349 e. The zero-order valence-electron chi connectivity index (χ0n) is 15.8. The minimum Gasteiger partial charge on any atom is -0.507 e. The third-order valence-electron chi connectivity index (χ3n) is 4.00. The van der Waals surface area contributed by atoms with E-state index < -0.39 is 44.0 Å². The molecule has 3 rings (SSSR count).